The Morgan fingerprint density at radius 1 is 1.39 bits per heavy atom. The summed E-state index contributed by atoms with van der Waals surface area (Å²) in [6, 6.07) is 7.43. The number of benzene rings is 1. The highest BCUT2D eigenvalue weighted by atomic mass is 35.5. The molecule has 0 saturated carbocycles. The minimum atomic E-state index is -0.113. The van der Waals surface area contributed by atoms with Crippen LogP contribution in [0.5, 0.6) is 0 Å². The van der Waals surface area contributed by atoms with Gasteiger partial charge in [-0.05, 0) is 44.3 Å². The summed E-state index contributed by atoms with van der Waals surface area (Å²) in [5.74, 6) is 0.536. The molecule has 0 radical (unpaired) electrons. The number of amides is 1. The number of nitrogens with one attached hydrogen (secondary N) is 3. The lowest BCUT2D eigenvalue weighted by Gasteiger charge is -2.22. The number of hydrogen-bond donors (Lipinski definition) is 3. The Morgan fingerprint density at radius 3 is 3.04 bits per heavy atom. The molecule has 0 spiro atoms. The number of nitrogens with zero attached hydrogens (tertiary/aromatic N) is 1. The van der Waals surface area contributed by atoms with E-state index in [2.05, 4.69) is 20.8 Å². The maximum absolute atomic E-state index is 12.4. The van der Waals surface area contributed by atoms with E-state index in [1.165, 1.54) is 12.8 Å². The third-order valence-electron chi connectivity index (χ3n) is 4.26. The van der Waals surface area contributed by atoms with Gasteiger partial charge in [-0.2, -0.15) is 5.10 Å². The van der Waals surface area contributed by atoms with Crippen LogP contribution in [0.4, 0.5) is 0 Å². The minimum absolute atomic E-state index is 0.113. The first-order chi connectivity index (χ1) is 11.3. The second kappa shape index (κ2) is 7.62. The van der Waals surface area contributed by atoms with Crippen molar-refractivity contribution in [1.82, 2.24) is 20.8 Å². The topological polar surface area (TPSA) is 69.8 Å². The predicted molar refractivity (Wildman–Crippen MR) is 91.6 cm³/mol. The van der Waals surface area contributed by atoms with Gasteiger partial charge in [-0.25, -0.2) is 0 Å². The van der Waals surface area contributed by atoms with Crippen LogP contribution in [0.15, 0.2) is 30.5 Å². The van der Waals surface area contributed by atoms with Gasteiger partial charge in [0.25, 0.3) is 5.91 Å². The molecular weight excluding hydrogens is 312 g/mol. The van der Waals surface area contributed by atoms with Crippen LogP contribution in [0.25, 0.3) is 11.3 Å². The molecule has 1 atom stereocenters. The normalized spacial score (nSPS) is 17.9. The number of piperidine rings is 1. The van der Waals surface area contributed by atoms with Crippen molar-refractivity contribution in [2.75, 3.05) is 19.6 Å². The van der Waals surface area contributed by atoms with E-state index in [1.54, 1.807) is 12.3 Å². The fraction of sp³-hybridized carbons (Fsp3) is 0.412. The number of carbonyl (C=O) groups is 1. The van der Waals surface area contributed by atoms with Gasteiger partial charge in [0.05, 0.1) is 17.5 Å². The Kier molecular flexibility index (Phi) is 5.31. The molecule has 2 heterocycles. The van der Waals surface area contributed by atoms with Gasteiger partial charge in [0, 0.05) is 17.1 Å². The first kappa shape index (κ1) is 16.0. The molecule has 2 aromatic rings. The lowest BCUT2D eigenvalue weighted by Crippen LogP contribution is -2.33. The van der Waals surface area contributed by atoms with Gasteiger partial charge in [-0.15, -0.1) is 0 Å². The van der Waals surface area contributed by atoms with E-state index < -0.39 is 0 Å². The van der Waals surface area contributed by atoms with E-state index in [0.29, 0.717) is 28.7 Å². The number of H-pyrrole nitrogens is 1. The van der Waals surface area contributed by atoms with Crippen LogP contribution >= 0.6 is 11.6 Å². The number of hydrogen-bond acceptors (Lipinski definition) is 3. The van der Waals surface area contributed by atoms with E-state index in [1.807, 2.05) is 18.2 Å². The molecule has 0 bridgehead atoms. The highest BCUT2D eigenvalue weighted by Gasteiger charge is 2.18. The summed E-state index contributed by atoms with van der Waals surface area (Å²) in [4.78, 5) is 12.4. The molecule has 1 aliphatic rings. The maximum Gasteiger partial charge on any atom is 0.255 e. The van der Waals surface area contributed by atoms with Crippen molar-refractivity contribution in [1.29, 1.82) is 0 Å². The first-order valence-corrected chi connectivity index (χ1v) is 8.40. The summed E-state index contributed by atoms with van der Waals surface area (Å²) in [6.07, 6.45) is 5.00. The number of halogens is 1. The quantitative estimate of drug-likeness (QED) is 0.788. The van der Waals surface area contributed by atoms with Gasteiger partial charge in [0.15, 0.2) is 0 Å². The van der Waals surface area contributed by atoms with Crippen molar-refractivity contribution in [3.05, 3.63) is 41.0 Å². The Balaban J connectivity index is 1.62. The Hall–Kier alpha value is -1.85. The van der Waals surface area contributed by atoms with Gasteiger partial charge in [-0.1, -0.05) is 29.8 Å². The maximum atomic E-state index is 12.4. The molecule has 23 heavy (non-hydrogen) atoms. The zero-order valence-electron chi connectivity index (χ0n) is 12.9. The summed E-state index contributed by atoms with van der Waals surface area (Å²) in [7, 11) is 0. The summed E-state index contributed by atoms with van der Waals surface area (Å²) in [5.41, 5.74) is 1.97. The SMILES string of the molecule is O=C(NCCC1CCCNC1)c1cn[nH]c1-c1ccccc1Cl. The molecule has 5 nitrogen and oxygen atoms in total. The van der Waals surface area contributed by atoms with Gasteiger partial charge < -0.3 is 10.6 Å². The van der Waals surface area contributed by atoms with E-state index in [-0.39, 0.29) is 5.91 Å². The van der Waals surface area contributed by atoms with Gasteiger partial charge in [-0.3, -0.25) is 9.89 Å². The van der Waals surface area contributed by atoms with Crippen molar-refractivity contribution < 1.29 is 4.79 Å². The van der Waals surface area contributed by atoms with Crippen LogP contribution in [-0.2, 0) is 0 Å². The van der Waals surface area contributed by atoms with E-state index in [9.17, 15) is 4.79 Å². The Morgan fingerprint density at radius 2 is 2.26 bits per heavy atom. The summed E-state index contributed by atoms with van der Waals surface area (Å²) < 4.78 is 0. The average molecular weight is 333 g/mol. The standard InChI is InChI=1S/C17H21ClN4O/c18-15-6-2-1-5-13(15)16-14(11-21-22-16)17(23)20-9-7-12-4-3-8-19-10-12/h1-2,5-6,11-12,19H,3-4,7-10H2,(H,20,23)(H,21,22). The van der Waals surface area contributed by atoms with E-state index >= 15 is 0 Å². The third-order valence-corrected chi connectivity index (χ3v) is 4.59. The lowest BCUT2D eigenvalue weighted by atomic mass is 9.96. The van der Waals surface area contributed by atoms with Crippen LogP contribution in [0, 0.1) is 5.92 Å². The van der Waals surface area contributed by atoms with Crippen LogP contribution in [0.3, 0.4) is 0 Å². The Bertz CT molecular complexity index is 664. The average Bonchev–Trinajstić information content (AvgIpc) is 3.06. The molecule has 122 valence electrons. The van der Waals surface area contributed by atoms with Crippen molar-refractivity contribution in [3.63, 3.8) is 0 Å². The van der Waals surface area contributed by atoms with Crippen molar-refractivity contribution in [2.45, 2.75) is 19.3 Å². The highest BCUT2D eigenvalue weighted by Crippen LogP contribution is 2.28. The molecule has 1 aromatic heterocycles. The predicted octanol–water partition coefficient (Wildman–Crippen LogP) is 2.85. The lowest BCUT2D eigenvalue weighted by molar-refractivity contribution is 0.0951. The Labute approximate surface area is 140 Å². The number of aromatic nitrogens is 2. The number of aromatic amines is 1. The van der Waals surface area contributed by atoms with Crippen LogP contribution in [0.2, 0.25) is 5.02 Å². The molecule has 1 aromatic carbocycles. The van der Waals surface area contributed by atoms with E-state index in [0.717, 1.165) is 25.1 Å². The first-order valence-electron chi connectivity index (χ1n) is 8.03. The molecule has 3 rings (SSSR count). The fourth-order valence-electron chi connectivity index (χ4n) is 2.98. The molecule has 1 saturated heterocycles. The van der Waals surface area contributed by atoms with Crippen molar-refractivity contribution >= 4 is 17.5 Å². The molecular formula is C17H21ClN4O. The van der Waals surface area contributed by atoms with E-state index in [4.69, 9.17) is 11.6 Å². The zero-order chi connectivity index (χ0) is 16.1. The molecule has 6 heteroatoms. The third kappa shape index (κ3) is 3.92. The van der Waals surface area contributed by atoms with Gasteiger partial charge in [0.2, 0.25) is 0 Å². The molecule has 1 fully saturated rings. The fourth-order valence-corrected chi connectivity index (χ4v) is 3.21. The van der Waals surface area contributed by atoms with Crippen LogP contribution < -0.4 is 10.6 Å². The molecule has 1 amide bonds. The van der Waals surface area contributed by atoms with Crippen LogP contribution in [0.1, 0.15) is 29.6 Å². The molecule has 0 aliphatic carbocycles. The largest absolute Gasteiger partial charge is 0.352 e. The minimum Gasteiger partial charge on any atom is -0.352 e. The molecule has 1 aliphatic heterocycles. The number of carbonyl (C=O) groups excluding carboxylic acids is 1. The summed E-state index contributed by atoms with van der Waals surface area (Å²) in [5, 5.41) is 13.9. The van der Waals surface area contributed by atoms with Crippen LogP contribution in [-0.4, -0.2) is 35.7 Å². The van der Waals surface area contributed by atoms with Gasteiger partial charge in [0.1, 0.15) is 0 Å². The second-order valence-electron chi connectivity index (χ2n) is 5.90. The number of rotatable bonds is 5. The monoisotopic (exact) mass is 332 g/mol. The van der Waals surface area contributed by atoms with Crippen molar-refractivity contribution in [3.8, 4) is 11.3 Å². The smallest absolute Gasteiger partial charge is 0.255 e. The second-order valence-corrected chi connectivity index (χ2v) is 6.30. The summed E-state index contributed by atoms with van der Waals surface area (Å²) >= 11 is 6.21. The van der Waals surface area contributed by atoms with Crippen molar-refractivity contribution in [2.24, 2.45) is 5.92 Å². The molecule has 3 N–H and O–H groups in total. The molecule has 1 unspecified atom stereocenters. The van der Waals surface area contributed by atoms with Gasteiger partial charge >= 0.3 is 0 Å². The highest BCUT2D eigenvalue weighted by molar-refractivity contribution is 6.33. The zero-order valence-corrected chi connectivity index (χ0v) is 13.7. The summed E-state index contributed by atoms with van der Waals surface area (Å²) in [6.45, 7) is 2.84.